The molecule has 0 aliphatic carbocycles. The van der Waals surface area contributed by atoms with Crippen molar-refractivity contribution < 1.29 is 42.5 Å². The molecule has 4 rings (SSSR count). The Morgan fingerprint density at radius 3 is 2.09 bits per heavy atom. The molecule has 104 valence electrons. The Hall–Kier alpha value is -0.880. The summed E-state index contributed by atoms with van der Waals surface area (Å²) in [4.78, 5) is -0.338. The fraction of sp³-hybridized carbons (Fsp3) is 0. The SMILES string of the molecule is O=S(=O)([O-])c1c(Cl)cc2ccc3cccc4ccc1c2c34.[Na+]. The first-order valence-corrected chi connectivity index (χ1v) is 8.07. The third kappa shape index (κ3) is 2.22. The summed E-state index contributed by atoms with van der Waals surface area (Å²) in [7, 11) is -4.64. The van der Waals surface area contributed by atoms with Crippen LogP contribution in [0.1, 0.15) is 0 Å². The molecule has 0 spiro atoms. The normalized spacial score (nSPS) is 12.1. The van der Waals surface area contributed by atoms with E-state index >= 15 is 0 Å². The number of rotatable bonds is 1. The van der Waals surface area contributed by atoms with E-state index in [2.05, 4.69) is 0 Å². The zero-order valence-electron chi connectivity index (χ0n) is 11.6. The maximum absolute atomic E-state index is 11.6. The Kier molecular flexibility index (Phi) is 3.88. The van der Waals surface area contributed by atoms with E-state index in [0.717, 1.165) is 26.9 Å². The van der Waals surface area contributed by atoms with Crippen LogP contribution in [0.5, 0.6) is 0 Å². The van der Waals surface area contributed by atoms with Crippen LogP contribution < -0.4 is 29.6 Å². The first-order chi connectivity index (χ1) is 9.97. The molecule has 0 aliphatic heterocycles. The molecule has 0 heterocycles. The van der Waals surface area contributed by atoms with Gasteiger partial charge in [0.2, 0.25) is 0 Å². The summed E-state index contributed by atoms with van der Waals surface area (Å²) in [6, 6.07) is 14.7. The van der Waals surface area contributed by atoms with Crippen molar-refractivity contribution >= 4 is 54.0 Å². The van der Waals surface area contributed by atoms with Crippen molar-refractivity contribution in [1.29, 1.82) is 0 Å². The van der Waals surface area contributed by atoms with Gasteiger partial charge in [-0.15, -0.1) is 0 Å². The molecule has 0 saturated carbocycles. The van der Waals surface area contributed by atoms with E-state index in [4.69, 9.17) is 11.6 Å². The second-order valence-corrected chi connectivity index (χ2v) is 6.72. The number of hydrogen-bond donors (Lipinski definition) is 0. The van der Waals surface area contributed by atoms with Crippen molar-refractivity contribution in [2.24, 2.45) is 0 Å². The average molecular weight is 339 g/mol. The summed E-state index contributed by atoms with van der Waals surface area (Å²) >= 11 is 6.03. The van der Waals surface area contributed by atoms with Gasteiger partial charge in [-0.05, 0) is 33.0 Å². The van der Waals surface area contributed by atoms with E-state index in [-0.39, 0.29) is 39.5 Å². The van der Waals surface area contributed by atoms with Crippen LogP contribution in [0.25, 0.3) is 32.3 Å². The molecule has 3 nitrogen and oxygen atoms in total. The van der Waals surface area contributed by atoms with E-state index < -0.39 is 10.1 Å². The van der Waals surface area contributed by atoms with Crippen LogP contribution in [0.4, 0.5) is 0 Å². The first kappa shape index (κ1) is 16.0. The van der Waals surface area contributed by atoms with Crippen molar-refractivity contribution in [3.8, 4) is 0 Å². The summed E-state index contributed by atoms with van der Waals surface area (Å²) in [5.74, 6) is 0. The topological polar surface area (TPSA) is 57.2 Å². The predicted octanol–water partition coefficient (Wildman–Crippen LogP) is 1.15. The third-order valence-electron chi connectivity index (χ3n) is 3.80. The molecule has 0 radical (unpaired) electrons. The molecule has 0 atom stereocenters. The summed E-state index contributed by atoms with van der Waals surface area (Å²) in [5.41, 5.74) is 0. The average Bonchev–Trinajstić information content (AvgIpc) is 2.42. The molecule has 4 aromatic rings. The smallest absolute Gasteiger partial charge is 0.744 e. The Morgan fingerprint density at radius 2 is 1.45 bits per heavy atom. The van der Waals surface area contributed by atoms with E-state index in [0.29, 0.717) is 5.39 Å². The van der Waals surface area contributed by atoms with Crippen molar-refractivity contribution in [3.05, 3.63) is 53.6 Å². The van der Waals surface area contributed by atoms with E-state index in [9.17, 15) is 13.0 Å². The molecule has 6 heteroatoms. The first-order valence-electron chi connectivity index (χ1n) is 6.29. The monoisotopic (exact) mass is 338 g/mol. The molecule has 0 saturated heterocycles. The maximum atomic E-state index is 11.6. The molecule has 0 aromatic heterocycles. The molecule has 0 N–H and O–H groups in total. The van der Waals surface area contributed by atoms with Crippen LogP contribution in [-0.2, 0) is 10.1 Å². The van der Waals surface area contributed by atoms with Crippen LogP contribution in [0.2, 0.25) is 5.02 Å². The molecular formula is C16H8ClNaO3S. The zero-order chi connectivity index (χ0) is 14.8. The van der Waals surface area contributed by atoms with Crippen LogP contribution >= 0.6 is 11.6 Å². The predicted molar refractivity (Wildman–Crippen MR) is 83.1 cm³/mol. The van der Waals surface area contributed by atoms with Gasteiger partial charge in [0.15, 0.2) is 0 Å². The van der Waals surface area contributed by atoms with Gasteiger partial charge in [-0.2, -0.15) is 0 Å². The van der Waals surface area contributed by atoms with E-state index in [1.807, 2.05) is 36.4 Å². The van der Waals surface area contributed by atoms with E-state index in [1.54, 1.807) is 12.1 Å². The molecule has 0 amide bonds. The van der Waals surface area contributed by atoms with Crippen molar-refractivity contribution in [1.82, 2.24) is 0 Å². The van der Waals surface area contributed by atoms with Gasteiger partial charge in [-0.3, -0.25) is 0 Å². The number of halogens is 1. The largest absolute Gasteiger partial charge is 1.00 e. The van der Waals surface area contributed by atoms with Crippen LogP contribution in [0, 0.1) is 0 Å². The van der Waals surface area contributed by atoms with Gasteiger partial charge in [-0.1, -0.05) is 54.1 Å². The summed E-state index contributed by atoms with van der Waals surface area (Å²) in [6.45, 7) is 0. The van der Waals surface area contributed by atoms with Gasteiger partial charge in [0.25, 0.3) is 0 Å². The fourth-order valence-corrected chi connectivity index (χ4v) is 4.24. The Morgan fingerprint density at radius 1 is 0.864 bits per heavy atom. The van der Waals surface area contributed by atoms with Gasteiger partial charge < -0.3 is 4.55 Å². The molecule has 0 unspecified atom stereocenters. The molecule has 0 fully saturated rings. The van der Waals surface area contributed by atoms with Crippen LogP contribution in [0.3, 0.4) is 0 Å². The summed E-state index contributed by atoms with van der Waals surface area (Å²) < 4.78 is 34.7. The van der Waals surface area contributed by atoms with Gasteiger partial charge >= 0.3 is 29.6 Å². The van der Waals surface area contributed by atoms with Crippen molar-refractivity contribution in [3.63, 3.8) is 0 Å². The maximum Gasteiger partial charge on any atom is 1.00 e. The fourth-order valence-electron chi connectivity index (χ4n) is 3.00. The van der Waals surface area contributed by atoms with Crippen LogP contribution in [-0.4, -0.2) is 13.0 Å². The van der Waals surface area contributed by atoms with Gasteiger partial charge in [0.05, 0.1) is 9.92 Å². The number of benzene rings is 4. The second-order valence-electron chi connectivity index (χ2n) is 5.00. The Balaban J connectivity index is 0.00000144. The van der Waals surface area contributed by atoms with Gasteiger partial charge in [0.1, 0.15) is 10.1 Å². The second kappa shape index (κ2) is 5.34. The van der Waals surface area contributed by atoms with Crippen molar-refractivity contribution in [2.75, 3.05) is 0 Å². The van der Waals surface area contributed by atoms with Gasteiger partial charge in [0, 0.05) is 5.39 Å². The molecule has 0 aliphatic rings. The Labute approximate surface area is 154 Å². The quantitative estimate of drug-likeness (QED) is 0.297. The summed E-state index contributed by atoms with van der Waals surface area (Å²) in [6.07, 6.45) is 0. The van der Waals surface area contributed by atoms with Gasteiger partial charge in [-0.25, -0.2) is 8.42 Å². The van der Waals surface area contributed by atoms with Crippen molar-refractivity contribution in [2.45, 2.75) is 4.90 Å². The minimum absolute atomic E-state index is 0. The summed E-state index contributed by atoms with van der Waals surface area (Å²) in [5, 5.41) is 4.90. The van der Waals surface area contributed by atoms with Crippen LogP contribution in [0.15, 0.2) is 53.4 Å². The molecular weight excluding hydrogens is 331 g/mol. The molecule has 4 aromatic carbocycles. The Bertz CT molecular complexity index is 1110. The third-order valence-corrected chi connectivity index (χ3v) is 5.15. The molecule has 22 heavy (non-hydrogen) atoms. The minimum atomic E-state index is -4.64. The number of hydrogen-bond acceptors (Lipinski definition) is 3. The minimum Gasteiger partial charge on any atom is -0.744 e. The van der Waals surface area contributed by atoms with E-state index in [1.165, 1.54) is 0 Å². The zero-order valence-corrected chi connectivity index (χ0v) is 15.2. The molecule has 0 bridgehead atoms. The standard InChI is InChI=1S/C16H9ClO3S.Na/c17-13-8-11-5-4-9-2-1-3-10-6-7-12(15(11)14(9)10)16(13)21(18,19)20;/h1-8H,(H,18,19,20);/q;+1/p-1.